The molecule has 1 heterocycles. The van der Waals surface area contributed by atoms with Crippen molar-refractivity contribution in [1.29, 1.82) is 0 Å². The summed E-state index contributed by atoms with van der Waals surface area (Å²) in [4.78, 5) is 4.78. The molecule has 2 nitrogen and oxygen atoms in total. The van der Waals surface area contributed by atoms with Crippen molar-refractivity contribution in [3.63, 3.8) is 0 Å². The molecule has 0 spiro atoms. The van der Waals surface area contributed by atoms with Gasteiger partial charge in [0.05, 0.1) is 0 Å². The highest BCUT2D eigenvalue weighted by Gasteiger charge is 2.16. The standard InChI is InChI=1S/C13H20N2/c1-9(2)12-8-13(14-3)10-6-4-5-7-11(10)15-12/h8-9H,4-7H2,1-3H3,(H,14,15). The second-order valence-electron chi connectivity index (χ2n) is 4.63. The number of hydrogen-bond acceptors (Lipinski definition) is 2. The number of hydrogen-bond donors (Lipinski definition) is 1. The molecular weight excluding hydrogens is 184 g/mol. The minimum absolute atomic E-state index is 0.518. The Balaban J connectivity index is 2.48. The van der Waals surface area contributed by atoms with Crippen molar-refractivity contribution >= 4 is 5.69 Å². The number of nitrogens with one attached hydrogen (secondary N) is 1. The molecule has 0 saturated heterocycles. The molecule has 1 aliphatic carbocycles. The van der Waals surface area contributed by atoms with Gasteiger partial charge >= 0.3 is 0 Å². The largest absolute Gasteiger partial charge is 0.388 e. The van der Waals surface area contributed by atoms with Crippen LogP contribution in [0.4, 0.5) is 5.69 Å². The summed E-state index contributed by atoms with van der Waals surface area (Å²) in [6, 6.07) is 2.22. The summed E-state index contributed by atoms with van der Waals surface area (Å²) in [5, 5.41) is 3.31. The van der Waals surface area contributed by atoms with Crippen molar-refractivity contribution < 1.29 is 0 Å². The average Bonchev–Trinajstić information content (AvgIpc) is 2.27. The lowest BCUT2D eigenvalue weighted by molar-refractivity contribution is 0.659. The molecule has 0 unspecified atom stereocenters. The Bertz CT molecular complexity index is 339. The van der Waals surface area contributed by atoms with Gasteiger partial charge in [0.25, 0.3) is 0 Å². The smallest absolute Gasteiger partial charge is 0.0459 e. The summed E-state index contributed by atoms with van der Waals surface area (Å²) in [5.74, 6) is 0.518. The van der Waals surface area contributed by atoms with Crippen molar-refractivity contribution in [2.75, 3.05) is 12.4 Å². The molecule has 82 valence electrons. The lowest BCUT2D eigenvalue weighted by Crippen LogP contribution is -2.11. The number of aromatic nitrogens is 1. The third kappa shape index (κ3) is 1.99. The zero-order valence-electron chi connectivity index (χ0n) is 9.93. The van der Waals surface area contributed by atoms with E-state index >= 15 is 0 Å². The van der Waals surface area contributed by atoms with E-state index in [1.165, 1.54) is 41.9 Å². The van der Waals surface area contributed by atoms with Crippen LogP contribution >= 0.6 is 0 Å². The van der Waals surface area contributed by atoms with Gasteiger partial charge in [0.2, 0.25) is 0 Å². The molecule has 0 atom stereocenters. The van der Waals surface area contributed by atoms with Crippen LogP contribution in [0, 0.1) is 0 Å². The summed E-state index contributed by atoms with van der Waals surface area (Å²) < 4.78 is 0. The van der Waals surface area contributed by atoms with Crippen LogP contribution in [-0.2, 0) is 12.8 Å². The molecule has 0 bridgehead atoms. The topological polar surface area (TPSA) is 24.9 Å². The minimum Gasteiger partial charge on any atom is -0.388 e. The molecule has 2 heteroatoms. The van der Waals surface area contributed by atoms with E-state index in [1.54, 1.807) is 0 Å². The fraction of sp³-hybridized carbons (Fsp3) is 0.615. The van der Waals surface area contributed by atoms with Gasteiger partial charge in [-0.05, 0) is 43.2 Å². The SMILES string of the molecule is CNc1cc(C(C)C)nc2c1CCCC2. The van der Waals surface area contributed by atoms with Gasteiger partial charge in [-0.1, -0.05) is 13.8 Å². The van der Waals surface area contributed by atoms with E-state index in [0.29, 0.717) is 5.92 Å². The van der Waals surface area contributed by atoms with Crippen molar-refractivity contribution in [2.45, 2.75) is 45.4 Å². The minimum atomic E-state index is 0.518. The fourth-order valence-corrected chi connectivity index (χ4v) is 2.24. The molecular formula is C13H20N2. The van der Waals surface area contributed by atoms with Crippen LogP contribution in [0.15, 0.2) is 6.07 Å². The second kappa shape index (κ2) is 4.21. The maximum Gasteiger partial charge on any atom is 0.0459 e. The highest BCUT2D eigenvalue weighted by atomic mass is 14.8. The number of anilines is 1. The molecule has 0 saturated carbocycles. The molecule has 0 fully saturated rings. The monoisotopic (exact) mass is 204 g/mol. The Morgan fingerprint density at radius 3 is 2.67 bits per heavy atom. The molecule has 1 N–H and O–H groups in total. The van der Waals surface area contributed by atoms with Gasteiger partial charge in [0.15, 0.2) is 0 Å². The van der Waals surface area contributed by atoms with Crippen LogP contribution in [0.1, 0.15) is 49.6 Å². The van der Waals surface area contributed by atoms with Crippen molar-refractivity contribution in [2.24, 2.45) is 0 Å². The quantitative estimate of drug-likeness (QED) is 0.800. The Morgan fingerprint density at radius 1 is 1.27 bits per heavy atom. The molecule has 0 radical (unpaired) electrons. The van der Waals surface area contributed by atoms with Crippen molar-refractivity contribution in [1.82, 2.24) is 4.98 Å². The average molecular weight is 204 g/mol. The van der Waals surface area contributed by atoms with Gasteiger partial charge in [-0.2, -0.15) is 0 Å². The normalized spacial score (nSPS) is 15.2. The maximum atomic E-state index is 4.78. The lowest BCUT2D eigenvalue weighted by atomic mass is 9.93. The van der Waals surface area contributed by atoms with Crippen LogP contribution in [0.2, 0.25) is 0 Å². The third-order valence-electron chi connectivity index (χ3n) is 3.18. The number of rotatable bonds is 2. The lowest BCUT2D eigenvalue weighted by Gasteiger charge is -2.20. The Kier molecular flexibility index (Phi) is 2.94. The molecule has 1 aliphatic rings. The molecule has 0 amide bonds. The maximum absolute atomic E-state index is 4.78. The number of nitrogens with zero attached hydrogens (tertiary/aromatic N) is 1. The molecule has 2 rings (SSSR count). The molecule has 1 aromatic rings. The van der Waals surface area contributed by atoms with Gasteiger partial charge in [-0.3, -0.25) is 4.98 Å². The van der Waals surface area contributed by atoms with E-state index in [4.69, 9.17) is 4.98 Å². The predicted molar refractivity (Wildman–Crippen MR) is 64.5 cm³/mol. The first kappa shape index (κ1) is 10.5. The van der Waals surface area contributed by atoms with Crippen molar-refractivity contribution in [3.8, 4) is 0 Å². The van der Waals surface area contributed by atoms with Crippen LogP contribution < -0.4 is 5.32 Å². The van der Waals surface area contributed by atoms with E-state index in [-0.39, 0.29) is 0 Å². The first-order valence-electron chi connectivity index (χ1n) is 5.93. The second-order valence-corrected chi connectivity index (χ2v) is 4.63. The van der Waals surface area contributed by atoms with Crippen LogP contribution in [-0.4, -0.2) is 12.0 Å². The van der Waals surface area contributed by atoms with Gasteiger partial charge < -0.3 is 5.32 Å². The van der Waals surface area contributed by atoms with E-state index < -0.39 is 0 Å². The van der Waals surface area contributed by atoms with Gasteiger partial charge in [-0.25, -0.2) is 0 Å². The molecule has 0 aliphatic heterocycles. The summed E-state index contributed by atoms with van der Waals surface area (Å²) in [6.45, 7) is 4.41. The van der Waals surface area contributed by atoms with E-state index in [9.17, 15) is 0 Å². The highest BCUT2D eigenvalue weighted by Crippen LogP contribution is 2.29. The summed E-state index contributed by atoms with van der Waals surface area (Å²) in [5.41, 5.74) is 5.30. The van der Waals surface area contributed by atoms with Crippen LogP contribution in [0.25, 0.3) is 0 Å². The zero-order chi connectivity index (χ0) is 10.8. The summed E-state index contributed by atoms with van der Waals surface area (Å²) in [7, 11) is 2.01. The zero-order valence-corrected chi connectivity index (χ0v) is 9.93. The number of aryl methyl sites for hydroxylation is 1. The van der Waals surface area contributed by atoms with E-state index in [0.717, 1.165) is 6.42 Å². The van der Waals surface area contributed by atoms with Crippen LogP contribution in [0.5, 0.6) is 0 Å². The fourth-order valence-electron chi connectivity index (χ4n) is 2.24. The van der Waals surface area contributed by atoms with E-state index in [1.807, 2.05) is 7.05 Å². The first-order valence-corrected chi connectivity index (χ1v) is 5.93. The number of pyridine rings is 1. The predicted octanol–water partition coefficient (Wildman–Crippen LogP) is 3.13. The van der Waals surface area contributed by atoms with Gasteiger partial charge in [-0.15, -0.1) is 0 Å². The third-order valence-corrected chi connectivity index (χ3v) is 3.18. The van der Waals surface area contributed by atoms with Gasteiger partial charge in [0, 0.05) is 24.1 Å². The van der Waals surface area contributed by atoms with Gasteiger partial charge in [0.1, 0.15) is 0 Å². The first-order chi connectivity index (χ1) is 7.22. The molecule has 1 aromatic heterocycles. The number of fused-ring (bicyclic) bond motifs is 1. The molecule has 0 aromatic carbocycles. The van der Waals surface area contributed by atoms with E-state index in [2.05, 4.69) is 25.2 Å². The summed E-state index contributed by atoms with van der Waals surface area (Å²) >= 11 is 0. The van der Waals surface area contributed by atoms with Crippen LogP contribution in [0.3, 0.4) is 0 Å². The Labute approximate surface area is 92.1 Å². The summed E-state index contributed by atoms with van der Waals surface area (Å²) in [6.07, 6.45) is 4.95. The Morgan fingerprint density at radius 2 is 2.00 bits per heavy atom. The molecule has 15 heavy (non-hydrogen) atoms. The highest BCUT2D eigenvalue weighted by molar-refractivity contribution is 5.54. The van der Waals surface area contributed by atoms with Crippen molar-refractivity contribution in [3.05, 3.63) is 23.0 Å². The Hall–Kier alpha value is -1.05.